The Morgan fingerprint density at radius 1 is 1.11 bits per heavy atom. The molecule has 0 unspecified atom stereocenters. The summed E-state index contributed by atoms with van der Waals surface area (Å²) in [4.78, 5) is 1.21. The van der Waals surface area contributed by atoms with Gasteiger partial charge in [-0.2, -0.15) is 0 Å². The van der Waals surface area contributed by atoms with Crippen molar-refractivity contribution in [2.24, 2.45) is 0 Å². The molecule has 2 N–H and O–H groups in total. The first-order valence-corrected chi connectivity index (χ1v) is 7.53. The monoisotopic (exact) mass is 273 g/mol. The van der Waals surface area contributed by atoms with Gasteiger partial charge in [0.25, 0.3) is 0 Å². The molecule has 0 spiro atoms. The number of nitrogens with one attached hydrogen (secondary N) is 1. The third-order valence-corrected chi connectivity index (χ3v) is 3.89. The highest BCUT2D eigenvalue weighted by Crippen LogP contribution is 2.26. The van der Waals surface area contributed by atoms with Gasteiger partial charge in [-0.1, -0.05) is 36.4 Å². The summed E-state index contributed by atoms with van der Waals surface area (Å²) in [6.07, 6.45) is 1.48. The van der Waals surface area contributed by atoms with Gasteiger partial charge in [-0.05, 0) is 42.1 Å². The Kier molecular flexibility index (Phi) is 5.02. The molecular weight excluding hydrogens is 254 g/mol. The Hall–Kier alpha value is -1.29. The number of rotatable bonds is 5. The molecule has 0 bridgehead atoms. The van der Waals surface area contributed by atoms with Crippen LogP contribution in [0.25, 0.3) is 0 Å². The smallest absolute Gasteiger partial charge is 0.104 e. The highest BCUT2D eigenvalue weighted by molar-refractivity contribution is 7.98. The maximum absolute atomic E-state index is 10.5. The first-order valence-electron chi connectivity index (χ1n) is 6.30. The Morgan fingerprint density at radius 2 is 1.79 bits per heavy atom. The van der Waals surface area contributed by atoms with E-state index in [1.54, 1.807) is 11.8 Å². The molecule has 19 heavy (non-hydrogen) atoms. The van der Waals surface area contributed by atoms with E-state index >= 15 is 0 Å². The minimum atomic E-state index is -0.569. The quantitative estimate of drug-likeness (QED) is 0.821. The fourth-order valence-electron chi connectivity index (χ4n) is 2.12. The number of benzene rings is 2. The van der Waals surface area contributed by atoms with E-state index in [-0.39, 0.29) is 0 Å². The Bertz CT molecular complexity index is 525. The molecule has 0 aliphatic carbocycles. The van der Waals surface area contributed by atoms with Gasteiger partial charge < -0.3 is 10.4 Å². The van der Waals surface area contributed by atoms with E-state index in [9.17, 15) is 5.11 Å². The SMILES string of the molecule is CNCc1ccccc1[C@H](O)c1ccc(SC)cc1. The van der Waals surface area contributed by atoms with Crippen LogP contribution >= 0.6 is 11.8 Å². The van der Waals surface area contributed by atoms with Crippen LogP contribution in [0.15, 0.2) is 53.4 Å². The van der Waals surface area contributed by atoms with Gasteiger partial charge >= 0.3 is 0 Å². The van der Waals surface area contributed by atoms with Gasteiger partial charge in [0.2, 0.25) is 0 Å². The Labute approximate surface area is 118 Å². The third-order valence-electron chi connectivity index (χ3n) is 3.15. The summed E-state index contributed by atoms with van der Waals surface area (Å²) >= 11 is 1.70. The van der Waals surface area contributed by atoms with Crippen LogP contribution in [0.4, 0.5) is 0 Å². The van der Waals surface area contributed by atoms with Crippen molar-refractivity contribution in [3.8, 4) is 0 Å². The van der Waals surface area contributed by atoms with Crippen LogP contribution in [-0.2, 0) is 6.54 Å². The van der Waals surface area contributed by atoms with E-state index < -0.39 is 6.10 Å². The van der Waals surface area contributed by atoms with E-state index in [1.165, 1.54) is 4.90 Å². The highest BCUT2D eigenvalue weighted by Gasteiger charge is 2.13. The zero-order valence-corrected chi connectivity index (χ0v) is 12.1. The zero-order valence-electron chi connectivity index (χ0n) is 11.3. The molecule has 2 aromatic carbocycles. The minimum absolute atomic E-state index is 0.569. The first-order chi connectivity index (χ1) is 9.26. The fraction of sp³-hybridized carbons (Fsp3) is 0.250. The molecule has 0 amide bonds. The molecule has 2 rings (SSSR count). The van der Waals surface area contributed by atoms with Crippen LogP contribution in [0.2, 0.25) is 0 Å². The number of aliphatic hydroxyl groups is 1. The lowest BCUT2D eigenvalue weighted by Gasteiger charge is -2.16. The molecule has 1 atom stereocenters. The largest absolute Gasteiger partial charge is 0.384 e. The van der Waals surface area contributed by atoms with Crippen LogP contribution in [0, 0.1) is 0 Å². The van der Waals surface area contributed by atoms with Crippen LogP contribution in [0.3, 0.4) is 0 Å². The summed E-state index contributed by atoms with van der Waals surface area (Å²) in [7, 11) is 1.91. The predicted octanol–water partition coefficient (Wildman–Crippen LogP) is 3.21. The Balaban J connectivity index is 2.29. The summed E-state index contributed by atoms with van der Waals surface area (Å²) < 4.78 is 0. The molecule has 0 radical (unpaired) electrons. The summed E-state index contributed by atoms with van der Waals surface area (Å²) in [5, 5.41) is 13.7. The molecule has 0 heterocycles. The molecule has 3 heteroatoms. The second-order valence-corrected chi connectivity index (χ2v) is 5.28. The van der Waals surface area contributed by atoms with Crippen molar-refractivity contribution in [1.29, 1.82) is 0 Å². The average Bonchev–Trinajstić information content (AvgIpc) is 2.47. The second kappa shape index (κ2) is 6.75. The zero-order chi connectivity index (χ0) is 13.7. The van der Waals surface area contributed by atoms with Gasteiger partial charge in [0.05, 0.1) is 0 Å². The first kappa shape index (κ1) is 14.1. The number of thioether (sulfide) groups is 1. The lowest BCUT2D eigenvalue weighted by atomic mass is 9.97. The van der Waals surface area contributed by atoms with Gasteiger partial charge in [0.15, 0.2) is 0 Å². The molecule has 100 valence electrons. The standard InChI is InChI=1S/C16H19NOS/c1-17-11-13-5-3-4-6-15(13)16(18)12-7-9-14(19-2)10-8-12/h3-10,16-18H,11H2,1-2H3/t16-/m1/s1. The van der Waals surface area contributed by atoms with Crippen molar-refractivity contribution >= 4 is 11.8 Å². The lowest BCUT2D eigenvalue weighted by Crippen LogP contribution is -2.10. The molecule has 2 aromatic rings. The van der Waals surface area contributed by atoms with E-state index in [4.69, 9.17) is 0 Å². The maximum Gasteiger partial charge on any atom is 0.104 e. The highest BCUT2D eigenvalue weighted by atomic mass is 32.2. The summed E-state index contributed by atoms with van der Waals surface area (Å²) in [6, 6.07) is 16.1. The van der Waals surface area contributed by atoms with E-state index in [1.807, 2.05) is 61.8 Å². The normalized spacial score (nSPS) is 12.4. The van der Waals surface area contributed by atoms with Gasteiger partial charge in [-0.15, -0.1) is 11.8 Å². The molecular formula is C16H19NOS. The van der Waals surface area contributed by atoms with Crippen molar-refractivity contribution in [3.05, 3.63) is 65.2 Å². The summed E-state index contributed by atoms with van der Waals surface area (Å²) in [5.41, 5.74) is 3.03. The van der Waals surface area contributed by atoms with Gasteiger partial charge in [0, 0.05) is 11.4 Å². The third kappa shape index (κ3) is 3.38. The van der Waals surface area contributed by atoms with E-state index in [0.29, 0.717) is 0 Å². The summed E-state index contributed by atoms with van der Waals surface area (Å²) in [6.45, 7) is 0.760. The van der Waals surface area contributed by atoms with Crippen molar-refractivity contribution < 1.29 is 5.11 Å². The fourth-order valence-corrected chi connectivity index (χ4v) is 2.53. The maximum atomic E-state index is 10.5. The molecule has 0 aliphatic rings. The molecule has 0 saturated carbocycles. The summed E-state index contributed by atoms with van der Waals surface area (Å²) in [5.74, 6) is 0. The molecule has 0 saturated heterocycles. The minimum Gasteiger partial charge on any atom is -0.384 e. The topological polar surface area (TPSA) is 32.3 Å². The molecule has 0 fully saturated rings. The number of hydrogen-bond donors (Lipinski definition) is 2. The van der Waals surface area contributed by atoms with Crippen molar-refractivity contribution in [1.82, 2.24) is 5.32 Å². The van der Waals surface area contributed by atoms with Crippen LogP contribution < -0.4 is 5.32 Å². The lowest BCUT2D eigenvalue weighted by molar-refractivity contribution is 0.219. The van der Waals surface area contributed by atoms with Crippen molar-refractivity contribution in [2.45, 2.75) is 17.5 Å². The second-order valence-electron chi connectivity index (χ2n) is 4.40. The van der Waals surface area contributed by atoms with E-state index in [0.717, 1.165) is 23.2 Å². The van der Waals surface area contributed by atoms with Crippen LogP contribution in [0.5, 0.6) is 0 Å². The van der Waals surface area contributed by atoms with Crippen LogP contribution in [-0.4, -0.2) is 18.4 Å². The molecule has 0 aromatic heterocycles. The Morgan fingerprint density at radius 3 is 2.42 bits per heavy atom. The predicted molar refractivity (Wildman–Crippen MR) is 81.5 cm³/mol. The van der Waals surface area contributed by atoms with Gasteiger partial charge in [-0.3, -0.25) is 0 Å². The number of aliphatic hydroxyl groups excluding tert-OH is 1. The molecule has 2 nitrogen and oxygen atoms in total. The van der Waals surface area contributed by atoms with Crippen LogP contribution in [0.1, 0.15) is 22.8 Å². The van der Waals surface area contributed by atoms with Gasteiger partial charge in [0.1, 0.15) is 6.10 Å². The van der Waals surface area contributed by atoms with Crippen molar-refractivity contribution in [2.75, 3.05) is 13.3 Å². The average molecular weight is 273 g/mol. The van der Waals surface area contributed by atoms with Crippen molar-refractivity contribution in [3.63, 3.8) is 0 Å². The van der Waals surface area contributed by atoms with E-state index in [2.05, 4.69) is 5.32 Å². The number of hydrogen-bond acceptors (Lipinski definition) is 3. The molecule has 0 aliphatic heterocycles. The van der Waals surface area contributed by atoms with Gasteiger partial charge in [-0.25, -0.2) is 0 Å².